The number of rotatable bonds is 4. The molecule has 41 heavy (non-hydrogen) atoms. The van der Waals surface area contributed by atoms with E-state index >= 15 is 0 Å². The van der Waals surface area contributed by atoms with E-state index in [1.54, 1.807) is 11.3 Å². The van der Waals surface area contributed by atoms with Crippen LogP contribution >= 0.6 is 11.3 Å². The van der Waals surface area contributed by atoms with Gasteiger partial charge in [0.2, 0.25) is 0 Å². The molecule has 0 atom stereocenters. The molecule has 3 aromatic heterocycles. The molecular formula is C35H21N5S. The summed E-state index contributed by atoms with van der Waals surface area (Å²) in [5.74, 6) is 1.97. The average Bonchev–Trinajstić information content (AvgIpc) is 3.43. The molecule has 0 aliphatic carbocycles. The summed E-state index contributed by atoms with van der Waals surface area (Å²) in [7, 11) is 0. The summed E-state index contributed by atoms with van der Waals surface area (Å²) >= 11 is 1.76. The average molecular weight is 544 g/mol. The first-order valence-electron chi connectivity index (χ1n) is 13.3. The zero-order valence-corrected chi connectivity index (χ0v) is 22.6. The molecule has 5 nitrogen and oxygen atoms in total. The van der Waals surface area contributed by atoms with Crippen molar-refractivity contribution in [2.24, 2.45) is 0 Å². The third kappa shape index (κ3) is 4.22. The lowest BCUT2D eigenvalue weighted by molar-refractivity contribution is 1.08. The van der Waals surface area contributed by atoms with Crippen LogP contribution in [0.2, 0.25) is 0 Å². The molecule has 0 aliphatic rings. The topological polar surface area (TPSA) is 64.5 Å². The molecule has 0 fully saturated rings. The van der Waals surface area contributed by atoms with Gasteiger partial charge in [-0.1, -0.05) is 97.1 Å². The summed E-state index contributed by atoms with van der Waals surface area (Å²) in [5, 5.41) is 2.31. The van der Waals surface area contributed by atoms with Crippen molar-refractivity contribution >= 4 is 42.5 Å². The Morgan fingerprint density at radius 3 is 1.85 bits per heavy atom. The van der Waals surface area contributed by atoms with Crippen LogP contribution in [-0.2, 0) is 0 Å². The predicted molar refractivity (Wildman–Crippen MR) is 168 cm³/mol. The molecule has 0 saturated heterocycles. The highest BCUT2D eigenvalue weighted by Gasteiger charge is 2.17. The number of nitrogens with zero attached hydrogens (tertiary/aromatic N) is 5. The molecule has 0 spiro atoms. The molecule has 0 N–H and O–H groups in total. The summed E-state index contributed by atoms with van der Waals surface area (Å²) in [6, 6.07) is 41.0. The van der Waals surface area contributed by atoms with Crippen molar-refractivity contribution in [1.29, 1.82) is 0 Å². The van der Waals surface area contributed by atoms with Gasteiger partial charge in [-0.3, -0.25) is 4.98 Å². The van der Waals surface area contributed by atoms with Gasteiger partial charge in [-0.15, -0.1) is 11.3 Å². The highest BCUT2D eigenvalue weighted by atomic mass is 32.1. The van der Waals surface area contributed by atoms with E-state index in [1.165, 1.54) is 14.8 Å². The van der Waals surface area contributed by atoms with Gasteiger partial charge < -0.3 is 0 Å². The molecule has 3 heterocycles. The number of para-hydroxylation sites is 2. The third-order valence-electron chi connectivity index (χ3n) is 7.18. The van der Waals surface area contributed by atoms with E-state index in [9.17, 15) is 0 Å². The number of benzene rings is 5. The van der Waals surface area contributed by atoms with Crippen LogP contribution in [0.3, 0.4) is 0 Å². The molecule has 8 aromatic rings. The quantitative estimate of drug-likeness (QED) is 0.222. The Labute approximate surface area is 239 Å². The highest BCUT2D eigenvalue weighted by molar-refractivity contribution is 7.26. The Morgan fingerprint density at radius 2 is 1.12 bits per heavy atom. The zero-order chi connectivity index (χ0) is 27.2. The molecule has 0 amide bonds. The summed E-state index contributed by atoms with van der Waals surface area (Å²) in [6.45, 7) is 0. The first kappa shape index (κ1) is 23.5. The molecular weight excluding hydrogens is 522 g/mol. The van der Waals surface area contributed by atoms with Gasteiger partial charge in [0, 0.05) is 42.4 Å². The maximum atomic E-state index is 4.99. The van der Waals surface area contributed by atoms with Crippen LogP contribution in [0.4, 0.5) is 0 Å². The summed E-state index contributed by atoms with van der Waals surface area (Å²) in [6.07, 6.45) is 1.85. The lowest BCUT2D eigenvalue weighted by Gasteiger charge is -2.09. The van der Waals surface area contributed by atoms with Crippen LogP contribution < -0.4 is 0 Å². The van der Waals surface area contributed by atoms with Gasteiger partial charge in [-0.25, -0.2) is 19.9 Å². The Balaban J connectivity index is 1.31. The van der Waals surface area contributed by atoms with Crippen molar-refractivity contribution in [3.63, 3.8) is 0 Å². The van der Waals surface area contributed by atoms with Gasteiger partial charge in [-0.05, 0) is 24.3 Å². The second-order valence-electron chi connectivity index (χ2n) is 9.77. The van der Waals surface area contributed by atoms with E-state index < -0.39 is 0 Å². The molecule has 0 unspecified atom stereocenters. The minimum absolute atomic E-state index is 0.656. The first-order valence-corrected chi connectivity index (χ1v) is 14.2. The minimum Gasteiger partial charge on any atom is -0.252 e. The second-order valence-corrected chi connectivity index (χ2v) is 10.9. The number of aromatic nitrogens is 5. The number of thiophene rings is 1. The molecule has 192 valence electrons. The van der Waals surface area contributed by atoms with Crippen molar-refractivity contribution in [3.05, 3.63) is 128 Å². The van der Waals surface area contributed by atoms with E-state index in [2.05, 4.69) is 41.4 Å². The largest absolute Gasteiger partial charge is 0.252 e. The van der Waals surface area contributed by atoms with E-state index in [-0.39, 0.29) is 0 Å². The molecule has 8 rings (SSSR count). The Hall–Kier alpha value is -5.33. The van der Waals surface area contributed by atoms with E-state index in [4.69, 9.17) is 19.9 Å². The van der Waals surface area contributed by atoms with Crippen molar-refractivity contribution < 1.29 is 0 Å². The molecule has 0 bridgehead atoms. The standard InChI is InChI=1S/C35H21N5S/c1-3-10-22(11-4-1)33-38-34(23-12-5-2-6-13-23)40-35(39-33)26-14-9-17-30-32(26)25-19-18-24(20-31(25)41-30)29-21-36-27-15-7-8-16-28(27)37-29/h1-21H. The van der Waals surface area contributed by atoms with Crippen LogP contribution in [0.15, 0.2) is 128 Å². The van der Waals surface area contributed by atoms with Crippen LogP contribution in [0, 0.1) is 0 Å². The van der Waals surface area contributed by atoms with E-state index in [0.29, 0.717) is 17.5 Å². The van der Waals surface area contributed by atoms with Gasteiger partial charge in [0.1, 0.15) is 0 Å². The van der Waals surface area contributed by atoms with Crippen LogP contribution in [0.5, 0.6) is 0 Å². The van der Waals surface area contributed by atoms with Gasteiger partial charge in [0.05, 0.1) is 22.9 Å². The van der Waals surface area contributed by atoms with Crippen LogP contribution in [0.25, 0.3) is 76.6 Å². The summed E-state index contributed by atoms with van der Waals surface area (Å²) in [5.41, 5.74) is 6.59. The number of hydrogen-bond acceptors (Lipinski definition) is 6. The van der Waals surface area contributed by atoms with Crippen molar-refractivity contribution in [1.82, 2.24) is 24.9 Å². The lowest BCUT2D eigenvalue weighted by Crippen LogP contribution is -2.00. The molecule has 5 aromatic carbocycles. The normalized spacial score (nSPS) is 11.4. The lowest BCUT2D eigenvalue weighted by atomic mass is 10.0. The maximum Gasteiger partial charge on any atom is 0.164 e. The van der Waals surface area contributed by atoms with Crippen LogP contribution in [0.1, 0.15) is 0 Å². The molecule has 0 radical (unpaired) electrons. The van der Waals surface area contributed by atoms with Gasteiger partial charge in [-0.2, -0.15) is 0 Å². The smallest absolute Gasteiger partial charge is 0.164 e. The van der Waals surface area contributed by atoms with Crippen molar-refractivity contribution in [2.45, 2.75) is 0 Å². The van der Waals surface area contributed by atoms with Crippen molar-refractivity contribution in [3.8, 4) is 45.4 Å². The first-order chi connectivity index (χ1) is 20.3. The third-order valence-corrected chi connectivity index (χ3v) is 8.30. The van der Waals surface area contributed by atoms with E-state index in [0.717, 1.165) is 44.4 Å². The Morgan fingerprint density at radius 1 is 0.463 bits per heavy atom. The minimum atomic E-state index is 0.656. The number of hydrogen-bond donors (Lipinski definition) is 0. The molecule has 0 saturated carbocycles. The summed E-state index contributed by atoms with van der Waals surface area (Å²) < 4.78 is 2.36. The highest BCUT2D eigenvalue weighted by Crippen LogP contribution is 2.41. The van der Waals surface area contributed by atoms with E-state index in [1.807, 2.05) is 91.1 Å². The molecule has 6 heteroatoms. The molecule has 0 aliphatic heterocycles. The van der Waals surface area contributed by atoms with Gasteiger partial charge in [0.25, 0.3) is 0 Å². The van der Waals surface area contributed by atoms with Gasteiger partial charge >= 0.3 is 0 Å². The zero-order valence-electron chi connectivity index (χ0n) is 21.8. The van der Waals surface area contributed by atoms with Crippen LogP contribution in [-0.4, -0.2) is 24.9 Å². The fraction of sp³-hybridized carbons (Fsp3) is 0. The fourth-order valence-electron chi connectivity index (χ4n) is 5.20. The number of fused-ring (bicyclic) bond motifs is 4. The maximum absolute atomic E-state index is 4.99. The predicted octanol–water partition coefficient (Wildman–Crippen LogP) is 8.85. The Bertz CT molecular complexity index is 2150. The van der Waals surface area contributed by atoms with Crippen molar-refractivity contribution in [2.75, 3.05) is 0 Å². The summed E-state index contributed by atoms with van der Waals surface area (Å²) in [4.78, 5) is 24.3. The monoisotopic (exact) mass is 543 g/mol. The SMILES string of the molecule is c1ccc(-c2nc(-c3ccccc3)nc(-c3cccc4sc5cc(-c6cnc7ccccc7n6)ccc5c34)n2)cc1. The second kappa shape index (κ2) is 9.70. The van der Waals surface area contributed by atoms with Gasteiger partial charge in [0.15, 0.2) is 17.5 Å². The Kier molecular flexibility index (Phi) is 5.57. The fourth-order valence-corrected chi connectivity index (χ4v) is 6.37.